The molecule has 0 saturated carbocycles. The van der Waals surface area contributed by atoms with Gasteiger partial charge in [0.25, 0.3) is 0 Å². The maximum Gasteiger partial charge on any atom is 0.138 e. The number of fused-ring (bicyclic) bond motifs is 1. The van der Waals surface area contributed by atoms with E-state index in [-0.39, 0.29) is 11.4 Å². The minimum atomic E-state index is -0.156. The summed E-state index contributed by atoms with van der Waals surface area (Å²) in [4.78, 5) is 0. The van der Waals surface area contributed by atoms with Crippen LogP contribution in [0.5, 0.6) is 0 Å². The highest BCUT2D eigenvalue weighted by Gasteiger charge is 2.30. The van der Waals surface area contributed by atoms with Crippen LogP contribution in [-0.4, -0.2) is 12.1 Å². The van der Waals surface area contributed by atoms with Crippen LogP contribution in [0.15, 0.2) is 12.1 Å². The van der Waals surface area contributed by atoms with E-state index in [1.807, 2.05) is 28.7 Å². The molecule has 0 radical (unpaired) electrons. The van der Waals surface area contributed by atoms with Gasteiger partial charge < -0.3 is 10.6 Å². The summed E-state index contributed by atoms with van der Waals surface area (Å²) in [7, 11) is 0. The lowest BCUT2D eigenvalue weighted by Gasteiger charge is -2.39. The van der Waals surface area contributed by atoms with Crippen LogP contribution >= 0.6 is 22.6 Å². The van der Waals surface area contributed by atoms with Crippen LogP contribution < -0.4 is 10.6 Å². The van der Waals surface area contributed by atoms with Gasteiger partial charge in [-0.15, -0.1) is 0 Å². The quantitative estimate of drug-likeness (QED) is 0.804. The van der Waals surface area contributed by atoms with E-state index in [4.69, 9.17) is 0 Å². The Morgan fingerprint density at radius 3 is 2.62 bits per heavy atom. The van der Waals surface area contributed by atoms with E-state index in [1.165, 1.54) is 0 Å². The zero-order valence-electron chi connectivity index (χ0n) is 9.53. The monoisotopic (exact) mass is 334 g/mol. The Bertz CT molecular complexity index is 402. The molecule has 4 heteroatoms. The maximum atomic E-state index is 13.5. The Labute approximate surface area is 109 Å². The van der Waals surface area contributed by atoms with Crippen molar-refractivity contribution in [1.82, 2.24) is 0 Å². The summed E-state index contributed by atoms with van der Waals surface area (Å²) in [5.41, 5.74) is 1.95. The van der Waals surface area contributed by atoms with Gasteiger partial charge in [-0.3, -0.25) is 0 Å². The fourth-order valence-corrected chi connectivity index (χ4v) is 2.53. The summed E-state index contributed by atoms with van der Waals surface area (Å²) < 4.78 is 14.1. The lowest BCUT2D eigenvalue weighted by molar-refractivity contribution is 0.450. The van der Waals surface area contributed by atoms with Crippen molar-refractivity contribution >= 4 is 34.0 Å². The van der Waals surface area contributed by atoms with Crippen LogP contribution in [0, 0.1) is 9.39 Å². The van der Waals surface area contributed by atoms with Gasteiger partial charge in [0.2, 0.25) is 0 Å². The third-order valence-electron chi connectivity index (χ3n) is 3.43. The van der Waals surface area contributed by atoms with E-state index in [0.717, 1.165) is 30.8 Å². The fraction of sp³-hybridized carbons (Fsp3) is 0.500. The van der Waals surface area contributed by atoms with Gasteiger partial charge in [-0.2, -0.15) is 0 Å². The summed E-state index contributed by atoms with van der Waals surface area (Å²) in [5.74, 6) is -0.156. The van der Waals surface area contributed by atoms with E-state index in [1.54, 1.807) is 6.07 Å². The largest absolute Gasteiger partial charge is 0.381 e. The molecule has 0 aromatic heterocycles. The van der Waals surface area contributed by atoms with Gasteiger partial charge in [-0.25, -0.2) is 4.39 Å². The minimum absolute atomic E-state index is 0.0617. The standard InChI is InChI=1S/C12H16FIN2/c1-3-12(4-2)7-15-10-6-9(14)8(13)5-11(10)16-12/h5-6,15-16H,3-4,7H2,1-2H3. The molecule has 0 unspecified atom stereocenters. The van der Waals surface area contributed by atoms with Crippen LogP contribution in [-0.2, 0) is 0 Å². The molecule has 0 aliphatic carbocycles. The predicted molar refractivity (Wildman–Crippen MR) is 74.5 cm³/mol. The molecule has 0 bridgehead atoms. The molecule has 2 N–H and O–H groups in total. The van der Waals surface area contributed by atoms with Crippen molar-refractivity contribution in [3.05, 3.63) is 21.5 Å². The summed E-state index contributed by atoms with van der Waals surface area (Å²) in [6, 6.07) is 3.44. The molecule has 0 atom stereocenters. The zero-order chi connectivity index (χ0) is 11.8. The van der Waals surface area contributed by atoms with Crippen LogP contribution in [0.25, 0.3) is 0 Å². The summed E-state index contributed by atoms with van der Waals surface area (Å²) in [6.45, 7) is 5.22. The van der Waals surface area contributed by atoms with E-state index in [9.17, 15) is 4.39 Å². The highest BCUT2D eigenvalue weighted by molar-refractivity contribution is 14.1. The molecule has 2 nitrogen and oxygen atoms in total. The second kappa shape index (κ2) is 4.39. The molecule has 16 heavy (non-hydrogen) atoms. The van der Waals surface area contributed by atoms with Crippen molar-refractivity contribution in [3.63, 3.8) is 0 Å². The van der Waals surface area contributed by atoms with Crippen LogP contribution in [0.3, 0.4) is 0 Å². The predicted octanol–water partition coefficient (Wildman–Crippen LogP) is 3.83. The molecule has 1 heterocycles. The van der Waals surface area contributed by atoms with Crippen molar-refractivity contribution in [2.45, 2.75) is 32.2 Å². The summed E-state index contributed by atoms with van der Waals surface area (Å²) in [6.07, 6.45) is 2.06. The lowest BCUT2D eigenvalue weighted by atomic mass is 9.90. The van der Waals surface area contributed by atoms with Crippen molar-refractivity contribution < 1.29 is 4.39 Å². The van der Waals surface area contributed by atoms with E-state index in [0.29, 0.717) is 3.57 Å². The van der Waals surface area contributed by atoms with Crippen molar-refractivity contribution in [3.8, 4) is 0 Å². The van der Waals surface area contributed by atoms with Crippen molar-refractivity contribution in [2.24, 2.45) is 0 Å². The van der Waals surface area contributed by atoms with Gasteiger partial charge in [0.15, 0.2) is 0 Å². The Morgan fingerprint density at radius 1 is 1.31 bits per heavy atom. The SMILES string of the molecule is CCC1(CC)CNc2cc(I)c(F)cc2N1. The third kappa shape index (κ3) is 1.99. The molecule has 0 saturated heterocycles. The number of nitrogens with one attached hydrogen (secondary N) is 2. The molecular weight excluding hydrogens is 318 g/mol. The molecule has 88 valence electrons. The minimum Gasteiger partial charge on any atom is -0.381 e. The average Bonchev–Trinajstić information content (AvgIpc) is 2.30. The summed E-state index contributed by atoms with van der Waals surface area (Å²) in [5, 5.41) is 6.86. The first kappa shape index (κ1) is 12.0. The molecule has 1 aliphatic heterocycles. The molecular formula is C12H16FIN2. The molecule has 2 rings (SSSR count). The van der Waals surface area contributed by atoms with Gasteiger partial charge >= 0.3 is 0 Å². The van der Waals surface area contributed by atoms with Gasteiger partial charge in [0.1, 0.15) is 5.82 Å². The number of hydrogen-bond acceptors (Lipinski definition) is 2. The Kier molecular flexibility index (Phi) is 3.28. The third-order valence-corrected chi connectivity index (χ3v) is 4.26. The van der Waals surface area contributed by atoms with Crippen molar-refractivity contribution in [2.75, 3.05) is 17.2 Å². The first-order valence-electron chi connectivity index (χ1n) is 5.61. The average molecular weight is 334 g/mol. The lowest BCUT2D eigenvalue weighted by Crippen LogP contribution is -2.46. The van der Waals surface area contributed by atoms with Crippen molar-refractivity contribution in [1.29, 1.82) is 0 Å². The second-order valence-corrected chi connectivity index (χ2v) is 5.44. The van der Waals surface area contributed by atoms with Gasteiger partial charge in [0.05, 0.1) is 20.5 Å². The first-order valence-corrected chi connectivity index (χ1v) is 6.69. The van der Waals surface area contributed by atoms with Gasteiger partial charge in [-0.1, -0.05) is 13.8 Å². The molecule has 1 aliphatic rings. The van der Waals surface area contributed by atoms with Gasteiger partial charge in [0, 0.05) is 12.6 Å². The highest BCUT2D eigenvalue weighted by atomic mass is 127. The van der Waals surface area contributed by atoms with Gasteiger partial charge in [-0.05, 0) is 41.5 Å². The smallest absolute Gasteiger partial charge is 0.138 e. The molecule has 1 aromatic rings. The topological polar surface area (TPSA) is 24.1 Å². The Balaban J connectivity index is 2.36. The first-order chi connectivity index (χ1) is 7.60. The van der Waals surface area contributed by atoms with Crippen LogP contribution in [0.1, 0.15) is 26.7 Å². The molecule has 1 aromatic carbocycles. The second-order valence-electron chi connectivity index (χ2n) is 4.28. The van der Waals surface area contributed by atoms with Crippen LogP contribution in [0.4, 0.5) is 15.8 Å². The molecule has 0 fully saturated rings. The van der Waals surface area contributed by atoms with E-state index in [2.05, 4.69) is 24.5 Å². The van der Waals surface area contributed by atoms with E-state index >= 15 is 0 Å². The number of benzene rings is 1. The molecule has 0 spiro atoms. The number of halogens is 2. The number of rotatable bonds is 2. The normalized spacial score (nSPS) is 17.2. The zero-order valence-corrected chi connectivity index (χ0v) is 11.7. The fourth-order valence-electron chi connectivity index (χ4n) is 2.07. The maximum absolute atomic E-state index is 13.5. The number of hydrogen-bond donors (Lipinski definition) is 2. The van der Waals surface area contributed by atoms with Crippen LogP contribution in [0.2, 0.25) is 0 Å². The molecule has 0 amide bonds. The Morgan fingerprint density at radius 2 is 2.00 bits per heavy atom. The Hall–Kier alpha value is -0.520. The highest BCUT2D eigenvalue weighted by Crippen LogP contribution is 2.35. The summed E-state index contributed by atoms with van der Waals surface area (Å²) >= 11 is 2.02. The number of anilines is 2. The van der Waals surface area contributed by atoms with E-state index < -0.39 is 0 Å².